The van der Waals surface area contributed by atoms with Gasteiger partial charge in [-0.1, -0.05) is 11.6 Å². The van der Waals surface area contributed by atoms with Crippen LogP contribution in [0.15, 0.2) is 10.5 Å². The van der Waals surface area contributed by atoms with Crippen molar-refractivity contribution < 1.29 is 4.39 Å². The molecule has 0 aliphatic carbocycles. The molecule has 1 atom stereocenters. The first kappa shape index (κ1) is 12.4. The van der Waals surface area contributed by atoms with E-state index in [-0.39, 0.29) is 6.04 Å². The van der Waals surface area contributed by atoms with Crippen molar-refractivity contribution in [2.45, 2.75) is 25.6 Å². The fraction of sp³-hybridized carbons (Fsp3) is 0.556. The van der Waals surface area contributed by atoms with E-state index < -0.39 is 5.67 Å². The van der Waals surface area contributed by atoms with Crippen LogP contribution in [0.3, 0.4) is 0 Å². The van der Waals surface area contributed by atoms with Crippen LogP contribution in [0, 0.1) is 0 Å². The second-order valence-electron chi connectivity index (χ2n) is 3.56. The first-order valence-corrected chi connectivity index (χ1v) is 6.16. The monoisotopic (exact) mass is 299 g/mol. The van der Waals surface area contributed by atoms with Gasteiger partial charge in [0.2, 0.25) is 0 Å². The molecule has 14 heavy (non-hydrogen) atoms. The van der Waals surface area contributed by atoms with Gasteiger partial charge in [-0.05, 0) is 42.9 Å². The third-order valence-electron chi connectivity index (χ3n) is 1.92. The van der Waals surface area contributed by atoms with Crippen LogP contribution in [0.4, 0.5) is 4.39 Å². The average molecular weight is 301 g/mol. The molecular weight excluding hydrogens is 289 g/mol. The first-order chi connectivity index (χ1) is 6.36. The van der Waals surface area contributed by atoms with Gasteiger partial charge in [-0.15, -0.1) is 11.3 Å². The first-order valence-electron chi connectivity index (χ1n) is 4.17. The fourth-order valence-corrected chi connectivity index (χ4v) is 3.35. The van der Waals surface area contributed by atoms with Crippen LogP contribution in [-0.2, 0) is 0 Å². The van der Waals surface area contributed by atoms with E-state index in [0.29, 0.717) is 4.34 Å². The van der Waals surface area contributed by atoms with Gasteiger partial charge in [-0.25, -0.2) is 4.39 Å². The van der Waals surface area contributed by atoms with E-state index in [0.717, 1.165) is 9.35 Å². The minimum Gasteiger partial charge on any atom is -0.310 e. The van der Waals surface area contributed by atoms with E-state index in [2.05, 4.69) is 21.2 Å². The van der Waals surface area contributed by atoms with Crippen LogP contribution >= 0.6 is 38.9 Å². The third kappa shape index (κ3) is 2.69. The number of nitrogens with one attached hydrogen (secondary N) is 1. The molecule has 1 rings (SSSR count). The van der Waals surface area contributed by atoms with E-state index in [9.17, 15) is 4.39 Å². The lowest BCUT2D eigenvalue weighted by atomic mass is 10.00. The van der Waals surface area contributed by atoms with Gasteiger partial charge in [-0.2, -0.15) is 0 Å². The minimum absolute atomic E-state index is 0.323. The van der Waals surface area contributed by atoms with Crippen molar-refractivity contribution in [2.75, 3.05) is 7.05 Å². The Bertz CT molecular complexity index is 302. The topological polar surface area (TPSA) is 12.0 Å². The molecule has 0 fully saturated rings. The highest BCUT2D eigenvalue weighted by Crippen LogP contribution is 2.39. The highest BCUT2D eigenvalue weighted by molar-refractivity contribution is 9.10. The van der Waals surface area contributed by atoms with Gasteiger partial charge in [0.1, 0.15) is 10.0 Å². The molecular formula is C9H12BrClFNS. The lowest BCUT2D eigenvalue weighted by molar-refractivity contribution is 0.157. The molecule has 1 aromatic rings. The predicted octanol–water partition coefficient (Wildman–Crippen LogP) is 4.17. The van der Waals surface area contributed by atoms with Crippen molar-refractivity contribution in [1.82, 2.24) is 5.32 Å². The largest absolute Gasteiger partial charge is 0.310 e. The molecule has 0 aliphatic rings. The standard InChI is InChI=1S/C9H12BrClFNS/c1-9(2,12)7(13-3)6-4-5(10)8(11)14-6/h4,7,13H,1-3H3. The summed E-state index contributed by atoms with van der Waals surface area (Å²) in [4.78, 5) is 0.900. The summed E-state index contributed by atoms with van der Waals surface area (Å²) < 4.78 is 15.2. The molecule has 0 aromatic carbocycles. The van der Waals surface area contributed by atoms with Crippen LogP contribution in [0.25, 0.3) is 0 Å². The molecule has 0 spiro atoms. The maximum Gasteiger partial charge on any atom is 0.125 e. The molecule has 5 heteroatoms. The van der Waals surface area contributed by atoms with Crippen molar-refractivity contribution >= 4 is 38.9 Å². The van der Waals surface area contributed by atoms with E-state index in [1.807, 2.05) is 6.07 Å². The third-order valence-corrected chi connectivity index (χ3v) is 4.46. The van der Waals surface area contributed by atoms with E-state index in [1.54, 1.807) is 20.9 Å². The van der Waals surface area contributed by atoms with Crippen molar-refractivity contribution in [3.05, 3.63) is 19.8 Å². The summed E-state index contributed by atoms with van der Waals surface area (Å²) >= 11 is 10.6. The van der Waals surface area contributed by atoms with Crippen LogP contribution in [0.5, 0.6) is 0 Å². The molecule has 0 saturated carbocycles. The van der Waals surface area contributed by atoms with Gasteiger partial charge >= 0.3 is 0 Å². The molecule has 0 aliphatic heterocycles. The van der Waals surface area contributed by atoms with Gasteiger partial charge in [0.15, 0.2) is 0 Å². The quantitative estimate of drug-likeness (QED) is 0.883. The highest BCUT2D eigenvalue weighted by atomic mass is 79.9. The average Bonchev–Trinajstić information content (AvgIpc) is 2.30. The maximum absolute atomic E-state index is 13.8. The Morgan fingerprint density at radius 1 is 1.64 bits per heavy atom. The number of thiophene rings is 1. The van der Waals surface area contributed by atoms with Gasteiger partial charge in [0, 0.05) is 9.35 Å². The summed E-state index contributed by atoms with van der Waals surface area (Å²) in [6.07, 6.45) is 0. The summed E-state index contributed by atoms with van der Waals surface area (Å²) in [5.74, 6) is 0. The number of alkyl halides is 1. The Morgan fingerprint density at radius 2 is 2.21 bits per heavy atom. The lowest BCUT2D eigenvalue weighted by Crippen LogP contribution is -2.33. The van der Waals surface area contributed by atoms with Crippen LogP contribution in [0.1, 0.15) is 24.8 Å². The summed E-state index contributed by atoms with van der Waals surface area (Å²) in [6.45, 7) is 3.10. The Hall–Kier alpha value is 0.360. The van der Waals surface area contributed by atoms with Crippen molar-refractivity contribution in [1.29, 1.82) is 0 Å². The molecule has 80 valence electrons. The van der Waals surface area contributed by atoms with Crippen molar-refractivity contribution in [2.24, 2.45) is 0 Å². The van der Waals surface area contributed by atoms with Crippen molar-refractivity contribution in [3.63, 3.8) is 0 Å². The normalized spacial score (nSPS) is 14.4. The number of halogens is 3. The van der Waals surface area contributed by atoms with Crippen LogP contribution in [-0.4, -0.2) is 12.7 Å². The van der Waals surface area contributed by atoms with Crippen molar-refractivity contribution in [3.8, 4) is 0 Å². The number of rotatable bonds is 3. The minimum atomic E-state index is -1.30. The van der Waals surface area contributed by atoms with Crippen LogP contribution in [0.2, 0.25) is 4.34 Å². The zero-order chi connectivity index (χ0) is 10.9. The molecule has 1 unspecified atom stereocenters. The highest BCUT2D eigenvalue weighted by Gasteiger charge is 2.30. The van der Waals surface area contributed by atoms with Crippen LogP contribution < -0.4 is 5.32 Å². The summed E-state index contributed by atoms with van der Waals surface area (Å²) in [5.41, 5.74) is -1.30. The van der Waals surface area contributed by atoms with Gasteiger partial charge in [0.25, 0.3) is 0 Å². The Balaban J connectivity index is 3.01. The Kier molecular flexibility index (Phi) is 3.97. The summed E-state index contributed by atoms with van der Waals surface area (Å²) in [7, 11) is 1.74. The summed E-state index contributed by atoms with van der Waals surface area (Å²) in [6, 6.07) is 1.53. The predicted molar refractivity (Wildman–Crippen MR) is 64.0 cm³/mol. The van der Waals surface area contributed by atoms with E-state index >= 15 is 0 Å². The van der Waals surface area contributed by atoms with E-state index in [1.165, 1.54) is 11.3 Å². The maximum atomic E-state index is 13.8. The second-order valence-corrected chi connectivity index (χ2v) is 6.10. The molecule has 1 nitrogen and oxygen atoms in total. The van der Waals surface area contributed by atoms with Gasteiger partial charge in [0.05, 0.1) is 6.04 Å². The lowest BCUT2D eigenvalue weighted by Gasteiger charge is -2.25. The number of hydrogen-bond donors (Lipinski definition) is 1. The molecule has 0 saturated heterocycles. The zero-order valence-electron chi connectivity index (χ0n) is 8.20. The zero-order valence-corrected chi connectivity index (χ0v) is 11.4. The van der Waals surface area contributed by atoms with Gasteiger partial charge in [-0.3, -0.25) is 0 Å². The number of hydrogen-bond acceptors (Lipinski definition) is 2. The molecule has 1 heterocycles. The smallest absolute Gasteiger partial charge is 0.125 e. The van der Waals surface area contributed by atoms with Gasteiger partial charge < -0.3 is 5.32 Å². The fourth-order valence-electron chi connectivity index (χ4n) is 1.33. The van der Waals surface area contributed by atoms with E-state index in [4.69, 9.17) is 11.6 Å². The molecule has 0 bridgehead atoms. The summed E-state index contributed by atoms with van der Waals surface area (Å²) in [5, 5.41) is 2.95. The SMILES string of the molecule is CNC(c1cc(Br)c(Cl)s1)C(C)(C)F. The molecule has 1 N–H and O–H groups in total. The Labute approximate surface area is 101 Å². The molecule has 0 amide bonds. The second kappa shape index (κ2) is 4.47. The molecule has 1 aromatic heterocycles. The Morgan fingerprint density at radius 3 is 2.50 bits per heavy atom. The molecule has 0 radical (unpaired) electrons.